The predicted octanol–water partition coefficient (Wildman–Crippen LogP) is 2.60. The number of pyridine rings is 1. The second-order valence-corrected chi connectivity index (χ2v) is 4.68. The minimum atomic E-state index is -0.793. The van der Waals surface area contributed by atoms with Crippen LogP contribution in [0.25, 0.3) is 0 Å². The molecular formula is C16H12N2O2. The van der Waals surface area contributed by atoms with Gasteiger partial charge in [-0.15, -0.1) is 0 Å². The second-order valence-electron chi connectivity index (χ2n) is 4.68. The molecule has 1 aliphatic heterocycles. The number of fused-ring (bicyclic) bond motifs is 1. The summed E-state index contributed by atoms with van der Waals surface area (Å²) in [5.74, 6) is -0.980. The van der Waals surface area contributed by atoms with E-state index in [1.807, 2.05) is 12.1 Å². The Kier molecular flexibility index (Phi) is 3.28. The number of rotatable bonds is 3. The summed E-state index contributed by atoms with van der Waals surface area (Å²) in [6.07, 6.45) is 3.17. The molecule has 0 saturated carbocycles. The van der Waals surface area contributed by atoms with Crippen molar-refractivity contribution in [2.24, 2.45) is 0 Å². The molecule has 0 radical (unpaired) electrons. The first-order valence-electron chi connectivity index (χ1n) is 6.33. The molecule has 1 aromatic heterocycles. The first-order valence-corrected chi connectivity index (χ1v) is 6.33. The third-order valence-electron chi connectivity index (χ3n) is 3.44. The fourth-order valence-corrected chi connectivity index (χ4v) is 2.33. The lowest BCUT2D eigenvalue weighted by Gasteiger charge is -2.09. The lowest BCUT2D eigenvalue weighted by atomic mass is 9.91. The Hall–Kier alpha value is -2.51. The normalized spacial score (nSPS) is 14.3. The van der Waals surface area contributed by atoms with E-state index in [0.717, 1.165) is 11.1 Å². The van der Waals surface area contributed by atoms with E-state index < -0.39 is 5.92 Å². The van der Waals surface area contributed by atoms with Crippen molar-refractivity contribution in [2.45, 2.75) is 19.1 Å². The molecule has 1 unspecified atom stereocenters. The Labute approximate surface area is 116 Å². The van der Waals surface area contributed by atoms with Crippen LogP contribution in [0.5, 0.6) is 0 Å². The molecule has 3 rings (SSSR count). The van der Waals surface area contributed by atoms with Crippen LogP contribution in [0, 0.1) is 11.3 Å². The van der Waals surface area contributed by atoms with Gasteiger partial charge in [0.25, 0.3) is 0 Å². The van der Waals surface area contributed by atoms with Crippen LogP contribution in [0.3, 0.4) is 0 Å². The lowest BCUT2D eigenvalue weighted by Crippen LogP contribution is -2.11. The van der Waals surface area contributed by atoms with Crippen LogP contribution >= 0.6 is 0 Å². The lowest BCUT2D eigenvalue weighted by molar-refractivity contribution is 0.0978. The molecule has 0 amide bonds. The fourth-order valence-electron chi connectivity index (χ4n) is 2.33. The molecule has 0 fully saturated rings. The number of Topliss-reactive ketones (excluding diaryl/α,β-unsaturated/α-hetero) is 1. The van der Waals surface area contributed by atoms with Gasteiger partial charge in [-0.25, -0.2) is 0 Å². The maximum atomic E-state index is 12.5. The van der Waals surface area contributed by atoms with Gasteiger partial charge in [0, 0.05) is 18.0 Å². The molecule has 4 nitrogen and oxygen atoms in total. The molecule has 4 heteroatoms. The minimum Gasteiger partial charge on any atom is -0.372 e. The number of benzene rings is 1. The molecule has 98 valence electrons. The molecule has 2 heterocycles. The van der Waals surface area contributed by atoms with Gasteiger partial charge in [-0.1, -0.05) is 12.1 Å². The molecule has 0 saturated heterocycles. The van der Waals surface area contributed by atoms with E-state index in [1.54, 1.807) is 30.6 Å². The third kappa shape index (κ3) is 2.20. The summed E-state index contributed by atoms with van der Waals surface area (Å²) in [5.41, 5.74) is 3.36. The van der Waals surface area contributed by atoms with E-state index in [2.05, 4.69) is 11.1 Å². The van der Waals surface area contributed by atoms with E-state index in [0.29, 0.717) is 24.3 Å². The number of carbonyl (C=O) groups is 1. The molecule has 0 bridgehead atoms. The number of nitriles is 1. The summed E-state index contributed by atoms with van der Waals surface area (Å²) >= 11 is 0. The largest absolute Gasteiger partial charge is 0.372 e. The summed E-state index contributed by atoms with van der Waals surface area (Å²) in [6.45, 7) is 1.12. The van der Waals surface area contributed by atoms with Gasteiger partial charge in [0.05, 0.1) is 19.3 Å². The van der Waals surface area contributed by atoms with Crippen LogP contribution < -0.4 is 0 Å². The van der Waals surface area contributed by atoms with Crippen LogP contribution in [0.2, 0.25) is 0 Å². The van der Waals surface area contributed by atoms with E-state index >= 15 is 0 Å². The van der Waals surface area contributed by atoms with Crippen molar-refractivity contribution in [3.8, 4) is 6.07 Å². The van der Waals surface area contributed by atoms with Gasteiger partial charge in [-0.2, -0.15) is 5.26 Å². The monoisotopic (exact) mass is 264 g/mol. The van der Waals surface area contributed by atoms with Gasteiger partial charge in [-0.05, 0) is 34.9 Å². The number of ether oxygens (including phenoxy) is 1. The second kappa shape index (κ2) is 5.24. The van der Waals surface area contributed by atoms with E-state index in [9.17, 15) is 10.1 Å². The van der Waals surface area contributed by atoms with Crippen molar-refractivity contribution in [1.82, 2.24) is 4.98 Å². The summed E-state index contributed by atoms with van der Waals surface area (Å²) in [5, 5.41) is 9.29. The third-order valence-corrected chi connectivity index (χ3v) is 3.44. The Balaban J connectivity index is 1.94. The van der Waals surface area contributed by atoms with Gasteiger partial charge in [-0.3, -0.25) is 9.78 Å². The first kappa shape index (κ1) is 12.5. The van der Waals surface area contributed by atoms with Gasteiger partial charge in [0.15, 0.2) is 5.78 Å². The molecular weight excluding hydrogens is 252 g/mol. The average Bonchev–Trinajstić information content (AvgIpc) is 2.96. The SMILES string of the molecule is N#CC(C(=O)c1ccc2c(c1)COC2)c1ccncc1. The van der Waals surface area contributed by atoms with Gasteiger partial charge >= 0.3 is 0 Å². The number of carbonyl (C=O) groups excluding carboxylic acids is 1. The van der Waals surface area contributed by atoms with Crippen LogP contribution in [-0.4, -0.2) is 10.8 Å². The van der Waals surface area contributed by atoms with Crippen molar-refractivity contribution in [3.63, 3.8) is 0 Å². The van der Waals surface area contributed by atoms with Crippen LogP contribution in [-0.2, 0) is 18.0 Å². The zero-order valence-corrected chi connectivity index (χ0v) is 10.7. The molecule has 0 aliphatic carbocycles. The predicted molar refractivity (Wildman–Crippen MR) is 71.9 cm³/mol. The highest BCUT2D eigenvalue weighted by Gasteiger charge is 2.23. The van der Waals surface area contributed by atoms with Gasteiger partial charge in [0.2, 0.25) is 0 Å². The van der Waals surface area contributed by atoms with Gasteiger partial charge in [0.1, 0.15) is 5.92 Å². The Morgan fingerprint density at radius 2 is 1.95 bits per heavy atom. The number of hydrogen-bond acceptors (Lipinski definition) is 4. The zero-order chi connectivity index (χ0) is 13.9. The highest BCUT2D eigenvalue weighted by Crippen LogP contribution is 2.25. The summed E-state index contributed by atoms with van der Waals surface area (Å²) in [7, 11) is 0. The molecule has 20 heavy (non-hydrogen) atoms. The zero-order valence-electron chi connectivity index (χ0n) is 10.7. The molecule has 1 atom stereocenters. The maximum absolute atomic E-state index is 12.5. The van der Waals surface area contributed by atoms with Crippen LogP contribution in [0.1, 0.15) is 33.0 Å². The quantitative estimate of drug-likeness (QED) is 0.799. The van der Waals surface area contributed by atoms with Crippen molar-refractivity contribution < 1.29 is 9.53 Å². The molecule has 1 aromatic carbocycles. The average molecular weight is 264 g/mol. The number of ketones is 1. The smallest absolute Gasteiger partial charge is 0.184 e. The minimum absolute atomic E-state index is 0.187. The van der Waals surface area contributed by atoms with E-state index in [1.165, 1.54) is 0 Å². The summed E-state index contributed by atoms with van der Waals surface area (Å²) in [4.78, 5) is 16.4. The van der Waals surface area contributed by atoms with Crippen molar-refractivity contribution in [2.75, 3.05) is 0 Å². The topological polar surface area (TPSA) is 63.0 Å². The standard InChI is InChI=1S/C16H12N2O2/c17-8-15(11-3-5-18-6-4-11)16(19)12-1-2-13-9-20-10-14(13)7-12/h1-7,15H,9-10H2. The number of nitrogens with zero attached hydrogens (tertiary/aromatic N) is 2. The van der Waals surface area contributed by atoms with Crippen molar-refractivity contribution in [3.05, 3.63) is 65.0 Å². The number of aromatic nitrogens is 1. The molecule has 0 spiro atoms. The summed E-state index contributed by atoms with van der Waals surface area (Å²) < 4.78 is 5.34. The molecule has 0 N–H and O–H groups in total. The van der Waals surface area contributed by atoms with Crippen molar-refractivity contribution in [1.29, 1.82) is 5.26 Å². The Morgan fingerprint density at radius 3 is 2.70 bits per heavy atom. The fraction of sp³-hybridized carbons (Fsp3) is 0.188. The molecule has 2 aromatic rings. The summed E-state index contributed by atoms with van der Waals surface area (Å²) in [6, 6.07) is 11.0. The van der Waals surface area contributed by atoms with Gasteiger partial charge < -0.3 is 4.74 Å². The van der Waals surface area contributed by atoms with Crippen molar-refractivity contribution >= 4 is 5.78 Å². The highest BCUT2D eigenvalue weighted by atomic mass is 16.5. The number of hydrogen-bond donors (Lipinski definition) is 0. The Morgan fingerprint density at radius 1 is 1.20 bits per heavy atom. The van der Waals surface area contributed by atoms with Crippen LogP contribution in [0.15, 0.2) is 42.7 Å². The van der Waals surface area contributed by atoms with Crippen LogP contribution in [0.4, 0.5) is 0 Å². The van der Waals surface area contributed by atoms with E-state index in [-0.39, 0.29) is 5.78 Å². The highest BCUT2D eigenvalue weighted by molar-refractivity contribution is 6.02. The first-order chi connectivity index (χ1) is 9.79. The Bertz CT molecular complexity index is 689. The maximum Gasteiger partial charge on any atom is 0.184 e. The van der Waals surface area contributed by atoms with E-state index in [4.69, 9.17) is 4.74 Å². The molecule has 1 aliphatic rings.